The van der Waals surface area contributed by atoms with E-state index in [1.165, 1.54) is 18.4 Å². The Morgan fingerprint density at radius 1 is 1.17 bits per heavy atom. The zero-order valence-corrected chi connectivity index (χ0v) is 14.7. The van der Waals surface area contributed by atoms with E-state index in [-0.39, 0.29) is 17.3 Å². The molecule has 0 amide bonds. The van der Waals surface area contributed by atoms with E-state index >= 15 is 0 Å². The highest BCUT2D eigenvalue weighted by Gasteiger charge is 2.17. The van der Waals surface area contributed by atoms with Crippen molar-refractivity contribution in [2.24, 2.45) is 10.9 Å². The molecule has 6 nitrogen and oxygen atoms in total. The first kappa shape index (κ1) is 18.0. The van der Waals surface area contributed by atoms with Crippen LogP contribution >= 0.6 is 0 Å². The molecule has 0 aliphatic rings. The Morgan fingerprint density at radius 2 is 1.83 bits per heavy atom. The minimum Gasteiger partial charge on any atom is -0.389 e. The summed E-state index contributed by atoms with van der Waals surface area (Å²) in [5.41, 5.74) is 8.46. The third-order valence-corrected chi connectivity index (χ3v) is 5.23. The first-order valence-corrected chi connectivity index (χ1v) is 8.78. The maximum absolute atomic E-state index is 12.1. The van der Waals surface area contributed by atoms with Crippen LogP contribution in [0.5, 0.6) is 0 Å². The van der Waals surface area contributed by atoms with Crippen LogP contribution in [0.3, 0.4) is 0 Å². The number of benzene rings is 2. The maximum Gasteiger partial charge on any atom is 0.242 e. The molecule has 2 aromatic carbocycles. The van der Waals surface area contributed by atoms with Crippen LogP contribution < -0.4 is 5.73 Å². The zero-order valence-electron chi connectivity index (χ0n) is 13.9. The van der Waals surface area contributed by atoms with Gasteiger partial charge in [-0.15, -0.1) is 0 Å². The van der Waals surface area contributed by atoms with Crippen molar-refractivity contribution in [3.63, 3.8) is 0 Å². The molecular formula is C17H21N3O3S. The number of sulfonamides is 1. The molecule has 0 fully saturated rings. The summed E-state index contributed by atoms with van der Waals surface area (Å²) >= 11 is 0. The lowest BCUT2D eigenvalue weighted by molar-refractivity contribution is 0.130. The van der Waals surface area contributed by atoms with Gasteiger partial charge in [0.25, 0.3) is 0 Å². The van der Waals surface area contributed by atoms with E-state index in [1.54, 1.807) is 24.3 Å². The number of hydrogen-bond donors (Lipinski definition) is 1. The fourth-order valence-electron chi connectivity index (χ4n) is 1.96. The Bertz CT molecular complexity index is 828. The lowest BCUT2D eigenvalue weighted by Gasteiger charge is -2.12. The number of hydrogen-bond acceptors (Lipinski definition) is 4. The minimum absolute atomic E-state index is 0.128. The van der Waals surface area contributed by atoms with Crippen LogP contribution in [0.1, 0.15) is 16.7 Å². The van der Waals surface area contributed by atoms with Crippen molar-refractivity contribution >= 4 is 15.9 Å². The number of nitrogens with two attached hydrogens (primary N) is 1. The smallest absolute Gasteiger partial charge is 0.242 e. The highest BCUT2D eigenvalue weighted by molar-refractivity contribution is 7.89. The SMILES string of the molecule is Cc1ccc(C(N)=NOCc2cccc(S(=O)(=O)N(C)C)c2)cc1. The topological polar surface area (TPSA) is 85.0 Å². The van der Waals surface area contributed by atoms with Gasteiger partial charge in [0, 0.05) is 19.7 Å². The van der Waals surface area contributed by atoms with E-state index in [0.29, 0.717) is 5.56 Å². The second-order valence-electron chi connectivity index (χ2n) is 5.55. The average Bonchev–Trinajstić information content (AvgIpc) is 2.55. The van der Waals surface area contributed by atoms with Gasteiger partial charge >= 0.3 is 0 Å². The summed E-state index contributed by atoms with van der Waals surface area (Å²) in [5.74, 6) is 0.270. The summed E-state index contributed by atoms with van der Waals surface area (Å²) in [6.45, 7) is 2.12. The molecule has 2 N–H and O–H groups in total. The molecule has 24 heavy (non-hydrogen) atoms. The molecule has 0 saturated carbocycles. The number of aryl methyl sites for hydroxylation is 1. The third-order valence-electron chi connectivity index (χ3n) is 3.42. The lowest BCUT2D eigenvalue weighted by Crippen LogP contribution is -2.22. The fraction of sp³-hybridized carbons (Fsp3) is 0.235. The summed E-state index contributed by atoms with van der Waals surface area (Å²) in [5, 5.41) is 3.88. The van der Waals surface area contributed by atoms with Crippen LogP contribution in [-0.4, -0.2) is 32.7 Å². The molecule has 7 heteroatoms. The molecule has 0 heterocycles. The normalized spacial score (nSPS) is 12.4. The molecular weight excluding hydrogens is 326 g/mol. The van der Waals surface area contributed by atoms with Crippen molar-refractivity contribution in [2.45, 2.75) is 18.4 Å². The van der Waals surface area contributed by atoms with E-state index in [4.69, 9.17) is 10.6 Å². The van der Waals surface area contributed by atoms with Gasteiger partial charge in [0.05, 0.1) is 4.90 Å². The van der Waals surface area contributed by atoms with E-state index < -0.39 is 10.0 Å². The zero-order chi connectivity index (χ0) is 17.7. The summed E-state index contributed by atoms with van der Waals surface area (Å²) in [6, 6.07) is 14.1. The van der Waals surface area contributed by atoms with Gasteiger partial charge in [-0.2, -0.15) is 0 Å². The largest absolute Gasteiger partial charge is 0.389 e. The van der Waals surface area contributed by atoms with Crippen molar-refractivity contribution in [2.75, 3.05) is 14.1 Å². The monoisotopic (exact) mass is 347 g/mol. The number of nitrogens with zero attached hydrogens (tertiary/aromatic N) is 2. The second kappa shape index (κ2) is 7.46. The van der Waals surface area contributed by atoms with E-state index in [1.807, 2.05) is 31.2 Å². The number of rotatable bonds is 6. The van der Waals surface area contributed by atoms with Gasteiger partial charge in [-0.05, 0) is 24.6 Å². The van der Waals surface area contributed by atoms with Crippen molar-refractivity contribution in [3.8, 4) is 0 Å². The maximum atomic E-state index is 12.1. The van der Waals surface area contributed by atoms with Gasteiger partial charge in [-0.3, -0.25) is 0 Å². The molecule has 0 spiro atoms. The molecule has 2 rings (SSSR count). The van der Waals surface area contributed by atoms with Crippen molar-refractivity contribution in [3.05, 3.63) is 65.2 Å². The Labute approximate surface area is 142 Å². The van der Waals surface area contributed by atoms with E-state index in [9.17, 15) is 8.42 Å². The van der Waals surface area contributed by atoms with Crippen LogP contribution in [0, 0.1) is 6.92 Å². The summed E-state index contributed by atoms with van der Waals surface area (Å²) in [6.07, 6.45) is 0. The summed E-state index contributed by atoms with van der Waals surface area (Å²) < 4.78 is 25.4. The van der Waals surface area contributed by atoms with Crippen LogP contribution in [0.2, 0.25) is 0 Å². The predicted octanol–water partition coefficient (Wildman–Crippen LogP) is 2.08. The van der Waals surface area contributed by atoms with Crippen molar-refractivity contribution < 1.29 is 13.3 Å². The number of oxime groups is 1. The number of amidine groups is 1. The van der Waals surface area contributed by atoms with E-state index in [0.717, 1.165) is 11.1 Å². The Hall–Kier alpha value is -2.38. The van der Waals surface area contributed by atoms with Gasteiger partial charge in [-0.25, -0.2) is 12.7 Å². The average molecular weight is 347 g/mol. The molecule has 0 saturated heterocycles. The first-order chi connectivity index (χ1) is 11.3. The molecule has 0 aromatic heterocycles. The Morgan fingerprint density at radius 3 is 2.46 bits per heavy atom. The molecule has 128 valence electrons. The second-order valence-corrected chi connectivity index (χ2v) is 7.70. The molecule has 0 atom stereocenters. The van der Waals surface area contributed by atoms with Crippen molar-refractivity contribution in [1.29, 1.82) is 0 Å². The highest BCUT2D eigenvalue weighted by atomic mass is 32.2. The standard InChI is InChI=1S/C17H21N3O3S/c1-13-7-9-15(10-8-13)17(18)19-23-12-14-5-4-6-16(11-14)24(21,22)20(2)3/h4-11H,12H2,1-3H3,(H2,18,19). The van der Waals surface area contributed by atoms with Crippen LogP contribution in [0.4, 0.5) is 0 Å². The van der Waals surface area contributed by atoms with Gasteiger partial charge < -0.3 is 10.6 Å². The Kier molecular flexibility index (Phi) is 5.58. The first-order valence-electron chi connectivity index (χ1n) is 7.34. The van der Waals surface area contributed by atoms with Crippen LogP contribution in [0.15, 0.2) is 58.6 Å². The fourth-order valence-corrected chi connectivity index (χ4v) is 2.93. The highest BCUT2D eigenvalue weighted by Crippen LogP contribution is 2.15. The predicted molar refractivity (Wildman–Crippen MR) is 94.0 cm³/mol. The molecule has 0 bridgehead atoms. The molecule has 0 unspecified atom stereocenters. The van der Waals surface area contributed by atoms with Gasteiger partial charge in [0.15, 0.2) is 5.84 Å². The van der Waals surface area contributed by atoms with Crippen molar-refractivity contribution in [1.82, 2.24) is 4.31 Å². The van der Waals surface area contributed by atoms with Gasteiger partial charge in [0.2, 0.25) is 10.0 Å². The Balaban J connectivity index is 2.07. The van der Waals surface area contributed by atoms with E-state index in [2.05, 4.69) is 5.16 Å². The molecule has 0 radical (unpaired) electrons. The molecule has 0 aliphatic carbocycles. The summed E-state index contributed by atoms with van der Waals surface area (Å²) in [4.78, 5) is 5.46. The molecule has 0 aliphatic heterocycles. The summed E-state index contributed by atoms with van der Waals surface area (Å²) in [7, 11) is -0.488. The van der Waals surface area contributed by atoms with Crippen LogP contribution in [0.25, 0.3) is 0 Å². The quantitative estimate of drug-likeness (QED) is 0.492. The minimum atomic E-state index is -3.47. The lowest BCUT2D eigenvalue weighted by atomic mass is 10.1. The molecule has 2 aromatic rings. The van der Waals surface area contributed by atoms with Crippen LogP contribution in [-0.2, 0) is 21.5 Å². The van der Waals surface area contributed by atoms with Gasteiger partial charge in [0.1, 0.15) is 6.61 Å². The third kappa shape index (κ3) is 4.33. The van der Waals surface area contributed by atoms with Gasteiger partial charge in [-0.1, -0.05) is 47.1 Å².